The predicted molar refractivity (Wildman–Crippen MR) is 161 cm³/mol. The molecule has 0 bridgehead atoms. The Hall–Kier alpha value is -2.71. The quantitative estimate of drug-likeness (QED) is 0.199. The van der Waals surface area contributed by atoms with Crippen molar-refractivity contribution in [2.24, 2.45) is 0 Å². The molecule has 1 atom stereocenters. The van der Waals surface area contributed by atoms with Crippen LogP contribution in [0, 0.1) is 0 Å². The number of unbranched alkanes of at least 4 members (excludes halogenated alkanes) is 1. The summed E-state index contributed by atoms with van der Waals surface area (Å²) in [7, 11) is 0. The monoisotopic (exact) mass is 493 g/mol. The Morgan fingerprint density at radius 2 is 1.58 bits per heavy atom. The van der Waals surface area contributed by atoms with Gasteiger partial charge in [-0.25, -0.2) is 0 Å². The number of hydrogen-bond acceptors (Lipinski definition) is 2. The molecule has 186 valence electrons. The summed E-state index contributed by atoms with van der Waals surface area (Å²) >= 11 is 1.95. The van der Waals surface area contributed by atoms with Gasteiger partial charge in [-0.1, -0.05) is 89.9 Å². The number of nitrogens with zero attached hydrogens (tertiary/aromatic N) is 1. The van der Waals surface area contributed by atoms with E-state index in [1.54, 1.807) is 0 Å². The average molecular weight is 494 g/mol. The highest BCUT2D eigenvalue weighted by atomic mass is 32.1. The Balaban J connectivity index is 1.76. The maximum atomic E-state index is 5.01. The van der Waals surface area contributed by atoms with Gasteiger partial charge in [0, 0.05) is 27.2 Å². The SMILES string of the molecule is CCCCC(CC)c1cccc2c1sc1c(-c3cc(C(C)(CC)CC)c4ccccc4c3)nccc12. The second kappa shape index (κ2) is 10.3. The van der Waals surface area contributed by atoms with E-state index in [0.29, 0.717) is 5.92 Å². The summed E-state index contributed by atoms with van der Waals surface area (Å²) in [5.41, 5.74) is 5.49. The third-order valence-electron chi connectivity index (χ3n) is 8.63. The smallest absolute Gasteiger partial charge is 0.0880 e. The van der Waals surface area contributed by atoms with Gasteiger partial charge in [0.2, 0.25) is 0 Å². The van der Waals surface area contributed by atoms with Crippen molar-refractivity contribution in [3.63, 3.8) is 0 Å². The van der Waals surface area contributed by atoms with Crippen LogP contribution in [0.1, 0.15) is 90.2 Å². The molecule has 2 aromatic heterocycles. The third kappa shape index (κ3) is 4.24. The van der Waals surface area contributed by atoms with Gasteiger partial charge in [0.15, 0.2) is 0 Å². The van der Waals surface area contributed by atoms with E-state index < -0.39 is 0 Å². The summed E-state index contributed by atoms with van der Waals surface area (Å²) in [6, 6.07) is 22.8. The molecule has 0 saturated heterocycles. The number of rotatable bonds is 9. The van der Waals surface area contributed by atoms with Gasteiger partial charge in [0.05, 0.1) is 10.4 Å². The summed E-state index contributed by atoms with van der Waals surface area (Å²) < 4.78 is 2.78. The van der Waals surface area contributed by atoms with E-state index in [2.05, 4.69) is 95.3 Å². The van der Waals surface area contributed by atoms with Crippen LogP contribution in [0.25, 0.3) is 42.2 Å². The highest BCUT2D eigenvalue weighted by Crippen LogP contribution is 2.45. The van der Waals surface area contributed by atoms with Crippen LogP contribution in [0.3, 0.4) is 0 Å². The zero-order chi connectivity index (χ0) is 25.3. The van der Waals surface area contributed by atoms with Gasteiger partial charge >= 0.3 is 0 Å². The first kappa shape index (κ1) is 25.0. The summed E-state index contributed by atoms with van der Waals surface area (Å²) in [6.07, 6.45) is 9.27. The Morgan fingerprint density at radius 1 is 0.833 bits per heavy atom. The highest BCUT2D eigenvalue weighted by molar-refractivity contribution is 7.26. The minimum absolute atomic E-state index is 0.143. The van der Waals surface area contributed by atoms with Crippen LogP contribution in [0.2, 0.25) is 0 Å². The van der Waals surface area contributed by atoms with Crippen molar-refractivity contribution >= 4 is 42.3 Å². The Morgan fingerprint density at radius 3 is 2.33 bits per heavy atom. The maximum Gasteiger partial charge on any atom is 0.0880 e. The van der Waals surface area contributed by atoms with Gasteiger partial charge in [-0.05, 0) is 77.1 Å². The van der Waals surface area contributed by atoms with Crippen molar-refractivity contribution in [3.05, 3.63) is 78.0 Å². The zero-order valence-corrected chi connectivity index (χ0v) is 23.3. The lowest BCUT2D eigenvalue weighted by molar-refractivity contribution is 0.443. The van der Waals surface area contributed by atoms with Gasteiger partial charge < -0.3 is 0 Å². The third-order valence-corrected chi connectivity index (χ3v) is 9.91. The van der Waals surface area contributed by atoms with E-state index in [9.17, 15) is 0 Å². The Kier molecular flexibility index (Phi) is 7.17. The summed E-state index contributed by atoms with van der Waals surface area (Å²) in [5, 5.41) is 5.42. The molecule has 0 aliphatic heterocycles. The molecule has 2 heterocycles. The van der Waals surface area contributed by atoms with Gasteiger partial charge in [-0.15, -0.1) is 11.3 Å². The number of fused-ring (bicyclic) bond motifs is 4. The Labute approximate surface area is 220 Å². The molecule has 0 spiro atoms. The van der Waals surface area contributed by atoms with Crippen LogP contribution in [-0.4, -0.2) is 4.98 Å². The number of aromatic nitrogens is 1. The fourth-order valence-electron chi connectivity index (χ4n) is 5.88. The lowest BCUT2D eigenvalue weighted by atomic mass is 9.75. The maximum absolute atomic E-state index is 5.01. The first-order valence-electron chi connectivity index (χ1n) is 13.9. The lowest BCUT2D eigenvalue weighted by Gasteiger charge is -2.29. The average Bonchev–Trinajstić information content (AvgIpc) is 3.32. The number of benzene rings is 3. The molecule has 1 nitrogen and oxygen atoms in total. The fourth-order valence-corrected chi connectivity index (χ4v) is 7.28. The normalized spacial score (nSPS) is 13.1. The summed E-state index contributed by atoms with van der Waals surface area (Å²) in [6.45, 7) is 11.7. The molecule has 0 radical (unpaired) electrons. The highest BCUT2D eigenvalue weighted by Gasteiger charge is 2.26. The van der Waals surface area contributed by atoms with Crippen molar-refractivity contribution in [2.45, 2.75) is 84.5 Å². The van der Waals surface area contributed by atoms with Crippen molar-refractivity contribution in [2.75, 3.05) is 0 Å². The van der Waals surface area contributed by atoms with Crippen molar-refractivity contribution in [1.82, 2.24) is 4.98 Å². The molecule has 2 heteroatoms. The molecule has 0 aliphatic carbocycles. The van der Waals surface area contributed by atoms with E-state index >= 15 is 0 Å². The molecule has 0 fully saturated rings. The van der Waals surface area contributed by atoms with E-state index in [1.807, 2.05) is 17.5 Å². The van der Waals surface area contributed by atoms with Crippen LogP contribution in [0.4, 0.5) is 0 Å². The van der Waals surface area contributed by atoms with Gasteiger partial charge in [-0.3, -0.25) is 4.98 Å². The van der Waals surface area contributed by atoms with Gasteiger partial charge in [0.25, 0.3) is 0 Å². The van der Waals surface area contributed by atoms with Crippen molar-refractivity contribution in [3.8, 4) is 11.3 Å². The van der Waals surface area contributed by atoms with Crippen LogP contribution in [-0.2, 0) is 5.41 Å². The molecular weight excluding hydrogens is 454 g/mol. The molecular formula is C34H39NS. The summed E-state index contributed by atoms with van der Waals surface area (Å²) in [5.74, 6) is 0.625. The van der Waals surface area contributed by atoms with E-state index in [0.717, 1.165) is 18.5 Å². The van der Waals surface area contributed by atoms with Crippen molar-refractivity contribution < 1.29 is 0 Å². The molecule has 1 unspecified atom stereocenters. The lowest BCUT2D eigenvalue weighted by Crippen LogP contribution is -2.20. The van der Waals surface area contributed by atoms with Crippen LogP contribution >= 0.6 is 11.3 Å². The number of hydrogen-bond donors (Lipinski definition) is 0. The molecule has 0 aliphatic rings. The first-order chi connectivity index (χ1) is 17.5. The summed E-state index contributed by atoms with van der Waals surface area (Å²) in [4.78, 5) is 5.01. The van der Waals surface area contributed by atoms with Crippen LogP contribution < -0.4 is 0 Å². The van der Waals surface area contributed by atoms with Crippen LogP contribution in [0.15, 0.2) is 66.9 Å². The van der Waals surface area contributed by atoms with Crippen molar-refractivity contribution in [1.29, 1.82) is 0 Å². The standard InChI is InChI=1S/C34H39NS/c1-6-10-14-23(7-2)27-17-13-18-28-29-19-20-35-31(33(29)36-32(27)28)25-21-24-15-11-12-16-26(24)30(22-25)34(5,8-3)9-4/h11-13,15-23H,6-10,14H2,1-5H3. The molecule has 0 N–H and O–H groups in total. The second-order valence-electron chi connectivity index (χ2n) is 10.6. The first-order valence-corrected chi connectivity index (χ1v) is 14.7. The fraction of sp³-hybridized carbons (Fsp3) is 0.382. The van der Waals surface area contributed by atoms with E-state index in [4.69, 9.17) is 4.98 Å². The molecule has 0 amide bonds. The van der Waals surface area contributed by atoms with E-state index in [-0.39, 0.29) is 5.41 Å². The minimum Gasteiger partial charge on any atom is -0.255 e. The Bertz CT molecular complexity index is 1500. The zero-order valence-electron chi connectivity index (χ0n) is 22.5. The second-order valence-corrected chi connectivity index (χ2v) is 11.6. The molecule has 5 aromatic rings. The van der Waals surface area contributed by atoms with Gasteiger partial charge in [-0.2, -0.15) is 0 Å². The minimum atomic E-state index is 0.143. The number of pyridine rings is 1. The molecule has 0 saturated carbocycles. The molecule has 3 aromatic carbocycles. The van der Waals surface area contributed by atoms with Gasteiger partial charge in [0.1, 0.15) is 0 Å². The molecule has 36 heavy (non-hydrogen) atoms. The number of thiophene rings is 1. The molecule has 5 rings (SSSR count). The van der Waals surface area contributed by atoms with Crippen LogP contribution in [0.5, 0.6) is 0 Å². The predicted octanol–water partition coefficient (Wildman–Crippen LogP) is 11.0. The largest absolute Gasteiger partial charge is 0.255 e. The topological polar surface area (TPSA) is 12.9 Å². The van der Waals surface area contributed by atoms with E-state index in [1.165, 1.54) is 73.3 Å².